The Labute approximate surface area is 193 Å². The minimum absolute atomic E-state index is 0.141. The molecule has 1 N–H and O–H groups in total. The van der Waals surface area contributed by atoms with Gasteiger partial charge < -0.3 is 10.2 Å². The lowest BCUT2D eigenvalue weighted by Crippen LogP contribution is -2.24. The van der Waals surface area contributed by atoms with Crippen LogP contribution in [-0.4, -0.2) is 16.6 Å². The third-order valence-corrected chi connectivity index (χ3v) is 5.73. The summed E-state index contributed by atoms with van der Waals surface area (Å²) < 4.78 is 40.7. The van der Waals surface area contributed by atoms with Crippen molar-refractivity contribution in [3.8, 4) is 0 Å². The van der Waals surface area contributed by atoms with Crippen LogP contribution in [0.1, 0.15) is 46.0 Å². The van der Waals surface area contributed by atoms with E-state index in [9.17, 15) is 18.0 Å². The summed E-state index contributed by atoms with van der Waals surface area (Å²) in [5.41, 5.74) is 2.26. The normalized spacial score (nSPS) is 17.5. The number of oxime groups is 1. The predicted octanol–water partition coefficient (Wildman–Crippen LogP) is 5.43. The molecule has 1 aliphatic rings. The molecular formula is C24H19ClF3N3O2. The van der Waals surface area contributed by atoms with Gasteiger partial charge in [-0.25, -0.2) is 18.2 Å². The number of amides is 1. The van der Waals surface area contributed by atoms with Crippen molar-refractivity contribution in [2.24, 2.45) is 5.16 Å². The Hall–Kier alpha value is -3.39. The molecule has 4 rings (SSSR count). The molecule has 170 valence electrons. The summed E-state index contributed by atoms with van der Waals surface area (Å²) in [5.74, 6) is -4.35. The summed E-state index contributed by atoms with van der Waals surface area (Å²) >= 11 is 5.77. The molecule has 2 aromatic carbocycles. The van der Waals surface area contributed by atoms with Crippen LogP contribution in [0.5, 0.6) is 0 Å². The average molecular weight is 474 g/mol. The topological polar surface area (TPSA) is 63.6 Å². The van der Waals surface area contributed by atoms with Crippen LogP contribution in [0.2, 0.25) is 5.15 Å². The molecule has 9 heteroatoms. The fraction of sp³-hybridized carbons (Fsp3) is 0.208. The first-order valence-electron chi connectivity index (χ1n) is 10.1. The van der Waals surface area contributed by atoms with Crippen LogP contribution in [0.4, 0.5) is 13.2 Å². The molecule has 0 saturated carbocycles. The fourth-order valence-corrected chi connectivity index (χ4v) is 3.71. The van der Waals surface area contributed by atoms with Gasteiger partial charge in [-0.05, 0) is 60.9 Å². The number of benzene rings is 2. The molecule has 1 amide bonds. The second-order valence-corrected chi connectivity index (χ2v) is 8.38. The van der Waals surface area contributed by atoms with E-state index in [1.165, 1.54) is 0 Å². The van der Waals surface area contributed by atoms with Crippen LogP contribution in [-0.2, 0) is 17.0 Å². The van der Waals surface area contributed by atoms with Crippen molar-refractivity contribution in [3.63, 3.8) is 0 Å². The van der Waals surface area contributed by atoms with Crippen LogP contribution in [0, 0.1) is 24.4 Å². The first-order chi connectivity index (χ1) is 15.7. The smallest absolute Gasteiger partial charge is 0.251 e. The summed E-state index contributed by atoms with van der Waals surface area (Å²) in [5, 5.41) is 7.29. The zero-order valence-corrected chi connectivity index (χ0v) is 18.5. The van der Waals surface area contributed by atoms with Crippen molar-refractivity contribution in [1.82, 2.24) is 10.3 Å². The molecule has 2 heterocycles. The van der Waals surface area contributed by atoms with E-state index in [0.717, 1.165) is 23.3 Å². The average Bonchev–Trinajstić information content (AvgIpc) is 3.20. The summed E-state index contributed by atoms with van der Waals surface area (Å²) in [7, 11) is 0. The molecule has 1 aromatic heterocycles. The summed E-state index contributed by atoms with van der Waals surface area (Å²) in [6.45, 7) is 3.71. The lowest BCUT2D eigenvalue weighted by molar-refractivity contribution is -0.00794. The Bertz CT molecular complexity index is 1240. The number of rotatable bonds is 5. The van der Waals surface area contributed by atoms with Gasteiger partial charge in [0.25, 0.3) is 5.91 Å². The molecule has 1 atom stereocenters. The van der Waals surface area contributed by atoms with E-state index in [1.54, 1.807) is 50.4 Å². The maximum atomic E-state index is 13.7. The second-order valence-electron chi connectivity index (χ2n) is 7.99. The second kappa shape index (κ2) is 8.86. The number of halogens is 4. The van der Waals surface area contributed by atoms with Crippen LogP contribution < -0.4 is 5.32 Å². The predicted molar refractivity (Wildman–Crippen MR) is 118 cm³/mol. The number of hydrogen-bond donors (Lipinski definition) is 1. The van der Waals surface area contributed by atoms with Crippen molar-refractivity contribution < 1.29 is 22.8 Å². The van der Waals surface area contributed by atoms with Gasteiger partial charge in [-0.1, -0.05) is 28.9 Å². The Balaban J connectivity index is 1.47. The molecule has 3 aromatic rings. The number of pyridine rings is 1. The van der Waals surface area contributed by atoms with Crippen molar-refractivity contribution >= 4 is 23.2 Å². The lowest BCUT2D eigenvalue weighted by Gasteiger charge is -2.22. The first kappa shape index (κ1) is 22.8. The molecule has 0 fully saturated rings. The minimum atomic E-state index is -1.53. The lowest BCUT2D eigenvalue weighted by atomic mass is 9.88. The SMILES string of the molecule is Cc1cc(C2=NOC(C)(c3cc(F)c(F)c(F)c3)C2)ccc1C(=O)NCc1ccc(Cl)nc1. The van der Waals surface area contributed by atoms with Gasteiger partial charge in [0.15, 0.2) is 23.1 Å². The number of aromatic nitrogens is 1. The molecule has 0 aliphatic carbocycles. The molecule has 1 unspecified atom stereocenters. The van der Waals surface area contributed by atoms with E-state index in [1.807, 2.05) is 0 Å². The van der Waals surface area contributed by atoms with Gasteiger partial charge in [0.05, 0.1) is 5.71 Å². The first-order valence-corrected chi connectivity index (χ1v) is 10.4. The van der Waals surface area contributed by atoms with Crippen LogP contribution in [0.25, 0.3) is 0 Å². The number of nitrogens with one attached hydrogen (secondary N) is 1. The maximum Gasteiger partial charge on any atom is 0.251 e. The molecule has 0 radical (unpaired) electrons. The Kier molecular flexibility index (Phi) is 6.12. The molecule has 0 spiro atoms. The molecule has 0 saturated heterocycles. The Morgan fingerprint density at radius 2 is 1.88 bits per heavy atom. The van der Waals surface area contributed by atoms with Crippen molar-refractivity contribution in [3.05, 3.63) is 99.1 Å². The number of nitrogens with zero attached hydrogens (tertiary/aromatic N) is 2. The van der Waals surface area contributed by atoms with E-state index >= 15 is 0 Å². The quantitative estimate of drug-likeness (QED) is 0.397. The minimum Gasteiger partial charge on any atom is -0.384 e. The standard InChI is InChI=1S/C24H19ClF3N3O2/c1-13-7-15(4-5-17(13)23(32)30-12-14-3-6-21(25)29-11-14)20-10-24(2,33-31-20)16-8-18(26)22(28)19(27)9-16/h3-9,11H,10,12H2,1-2H3,(H,30,32). The third kappa shape index (κ3) is 4.71. The third-order valence-electron chi connectivity index (χ3n) is 5.50. The van der Waals surface area contributed by atoms with Gasteiger partial charge >= 0.3 is 0 Å². The molecular weight excluding hydrogens is 455 g/mol. The number of aryl methyl sites for hydroxylation is 1. The zero-order chi connectivity index (χ0) is 23.8. The van der Waals surface area contributed by atoms with Crippen LogP contribution in [0.15, 0.2) is 53.8 Å². The Morgan fingerprint density at radius 1 is 1.15 bits per heavy atom. The van der Waals surface area contributed by atoms with E-state index < -0.39 is 23.1 Å². The van der Waals surface area contributed by atoms with Crippen LogP contribution in [0.3, 0.4) is 0 Å². The molecule has 1 aliphatic heterocycles. The molecule has 0 bridgehead atoms. The van der Waals surface area contributed by atoms with Crippen molar-refractivity contribution in [1.29, 1.82) is 0 Å². The van der Waals surface area contributed by atoms with Gasteiger partial charge in [-0.15, -0.1) is 0 Å². The van der Waals surface area contributed by atoms with E-state index in [0.29, 0.717) is 28.5 Å². The highest BCUT2D eigenvalue weighted by molar-refractivity contribution is 6.29. The highest BCUT2D eigenvalue weighted by Crippen LogP contribution is 2.37. The fourth-order valence-electron chi connectivity index (χ4n) is 3.60. The van der Waals surface area contributed by atoms with E-state index in [-0.39, 0.29) is 17.9 Å². The highest BCUT2D eigenvalue weighted by Gasteiger charge is 2.38. The summed E-state index contributed by atoms with van der Waals surface area (Å²) in [4.78, 5) is 22.1. The van der Waals surface area contributed by atoms with Gasteiger partial charge in [0.1, 0.15) is 5.15 Å². The number of carbonyl (C=O) groups is 1. The van der Waals surface area contributed by atoms with Gasteiger partial charge in [0, 0.05) is 30.3 Å². The highest BCUT2D eigenvalue weighted by atomic mass is 35.5. The van der Waals surface area contributed by atoms with Gasteiger partial charge in [-0.2, -0.15) is 0 Å². The molecule has 5 nitrogen and oxygen atoms in total. The number of carbonyl (C=O) groups excluding carboxylic acids is 1. The Morgan fingerprint density at radius 3 is 2.52 bits per heavy atom. The van der Waals surface area contributed by atoms with Gasteiger partial charge in [0.2, 0.25) is 0 Å². The zero-order valence-electron chi connectivity index (χ0n) is 17.8. The van der Waals surface area contributed by atoms with E-state index in [4.69, 9.17) is 16.4 Å². The largest absolute Gasteiger partial charge is 0.384 e. The summed E-state index contributed by atoms with van der Waals surface area (Å²) in [6, 6.07) is 10.4. The summed E-state index contributed by atoms with van der Waals surface area (Å²) in [6.07, 6.45) is 1.80. The van der Waals surface area contributed by atoms with Crippen molar-refractivity contribution in [2.45, 2.75) is 32.4 Å². The van der Waals surface area contributed by atoms with Crippen molar-refractivity contribution in [2.75, 3.05) is 0 Å². The molecule has 33 heavy (non-hydrogen) atoms. The maximum absolute atomic E-state index is 13.7. The van der Waals surface area contributed by atoms with E-state index in [2.05, 4.69) is 15.5 Å². The monoisotopic (exact) mass is 473 g/mol. The van der Waals surface area contributed by atoms with Gasteiger partial charge in [-0.3, -0.25) is 4.79 Å². The van der Waals surface area contributed by atoms with Crippen LogP contribution >= 0.6 is 11.6 Å². The number of hydrogen-bond acceptors (Lipinski definition) is 4.